The van der Waals surface area contributed by atoms with Crippen molar-refractivity contribution in [2.45, 2.75) is 12.8 Å². The molecule has 1 N–H and O–H groups in total. The molecule has 0 aromatic heterocycles. The summed E-state index contributed by atoms with van der Waals surface area (Å²) in [6.45, 7) is 0.600. The van der Waals surface area contributed by atoms with E-state index in [-0.39, 0.29) is 12.3 Å². The zero-order chi connectivity index (χ0) is 14.0. The fourth-order valence-electron chi connectivity index (χ4n) is 2.15. The Kier molecular flexibility index (Phi) is 3.86. The maximum atomic E-state index is 11.4. The van der Waals surface area contributed by atoms with Crippen LogP contribution in [0.2, 0.25) is 0 Å². The van der Waals surface area contributed by atoms with E-state index >= 15 is 0 Å². The van der Waals surface area contributed by atoms with Gasteiger partial charge >= 0.3 is 5.97 Å². The number of rotatable bonds is 4. The lowest BCUT2D eigenvalue weighted by Gasteiger charge is -2.22. The van der Waals surface area contributed by atoms with Crippen LogP contribution in [0.1, 0.15) is 12.0 Å². The molecule has 1 saturated heterocycles. The Balaban J connectivity index is 2.28. The van der Waals surface area contributed by atoms with Gasteiger partial charge in [-0.25, -0.2) is 0 Å². The number of carboxylic acids is 1. The number of nitrogens with zero attached hydrogens (tertiary/aromatic N) is 1. The van der Waals surface area contributed by atoms with Crippen molar-refractivity contribution in [3.05, 3.63) is 38.3 Å². The minimum absolute atomic E-state index is 0.0253. The molecule has 0 bridgehead atoms. The average Bonchev–Trinajstić information content (AvgIpc) is 2.81. The lowest BCUT2D eigenvalue weighted by molar-refractivity contribution is -0.384. The van der Waals surface area contributed by atoms with Crippen LogP contribution in [-0.2, 0) is 16.0 Å². The first-order chi connectivity index (χ1) is 8.94. The van der Waals surface area contributed by atoms with Gasteiger partial charge in [0.1, 0.15) is 0 Å². The van der Waals surface area contributed by atoms with Crippen molar-refractivity contribution in [1.29, 1.82) is 0 Å². The summed E-state index contributed by atoms with van der Waals surface area (Å²) in [5.41, 5.74) is -0.222. The third kappa shape index (κ3) is 2.76. The summed E-state index contributed by atoms with van der Waals surface area (Å²) in [5, 5.41) is 20.0. The molecule has 0 amide bonds. The van der Waals surface area contributed by atoms with Crippen LogP contribution < -0.4 is 0 Å². The monoisotopic (exact) mass is 329 g/mol. The molecule has 0 radical (unpaired) electrons. The number of halogens is 1. The zero-order valence-electron chi connectivity index (χ0n) is 9.97. The highest BCUT2D eigenvalue weighted by Gasteiger charge is 2.42. The molecular formula is C12H12BrNO5. The number of nitro benzene ring substituents is 1. The van der Waals surface area contributed by atoms with Gasteiger partial charge in [-0.15, -0.1) is 0 Å². The lowest BCUT2D eigenvalue weighted by Crippen LogP contribution is -2.33. The highest BCUT2D eigenvalue weighted by atomic mass is 79.9. The molecule has 1 heterocycles. The smallest absolute Gasteiger partial charge is 0.312 e. The van der Waals surface area contributed by atoms with Crippen molar-refractivity contribution in [2.24, 2.45) is 5.41 Å². The molecule has 1 aliphatic heterocycles. The van der Waals surface area contributed by atoms with Crippen LogP contribution in [0, 0.1) is 15.5 Å². The molecule has 7 heteroatoms. The van der Waals surface area contributed by atoms with Gasteiger partial charge in [-0.05, 0) is 18.4 Å². The van der Waals surface area contributed by atoms with Crippen molar-refractivity contribution in [3.63, 3.8) is 0 Å². The number of non-ortho nitro benzene ring substituents is 1. The number of hydrogen-bond donors (Lipinski definition) is 1. The van der Waals surface area contributed by atoms with Crippen LogP contribution in [0.5, 0.6) is 0 Å². The summed E-state index contributed by atoms with van der Waals surface area (Å²) < 4.78 is 5.74. The summed E-state index contributed by atoms with van der Waals surface area (Å²) in [4.78, 5) is 21.6. The lowest BCUT2D eigenvalue weighted by atomic mass is 9.81. The van der Waals surface area contributed by atoms with E-state index in [0.717, 1.165) is 5.56 Å². The van der Waals surface area contributed by atoms with Crippen LogP contribution >= 0.6 is 15.9 Å². The number of nitro groups is 1. The molecule has 1 aromatic rings. The van der Waals surface area contributed by atoms with E-state index < -0.39 is 16.3 Å². The molecule has 1 unspecified atom stereocenters. The van der Waals surface area contributed by atoms with E-state index in [1.807, 2.05) is 0 Å². The summed E-state index contributed by atoms with van der Waals surface area (Å²) in [5.74, 6) is -0.893. The van der Waals surface area contributed by atoms with Crippen LogP contribution in [0.25, 0.3) is 0 Å². The number of ether oxygens (including phenoxy) is 1. The third-order valence-corrected chi connectivity index (χ3v) is 4.07. The second-order valence-corrected chi connectivity index (χ2v) is 5.45. The van der Waals surface area contributed by atoms with Crippen LogP contribution in [-0.4, -0.2) is 29.2 Å². The molecule has 1 aliphatic rings. The molecule has 102 valence electrons. The second-order valence-electron chi connectivity index (χ2n) is 4.60. The zero-order valence-corrected chi connectivity index (χ0v) is 11.6. The first-order valence-corrected chi connectivity index (χ1v) is 6.48. The van der Waals surface area contributed by atoms with Crippen molar-refractivity contribution >= 4 is 27.6 Å². The molecule has 2 rings (SSSR count). The van der Waals surface area contributed by atoms with Gasteiger partial charge in [0, 0.05) is 23.2 Å². The first kappa shape index (κ1) is 14.0. The maximum Gasteiger partial charge on any atom is 0.312 e. The standard InChI is InChI=1S/C12H12BrNO5/c13-10-5-9(14(17)18)2-1-8(10)6-12(11(15)16)3-4-19-7-12/h1-2,5H,3-4,6-7H2,(H,15,16). The predicted molar refractivity (Wildman–Crippen MR) is 70.0 cm³/mol. The SMILES string of the molecule is O=C(O)C1(Cc2ccc([N+](=O)[O-])cc2Br)CCOC1. The van der Waals surface area contributed by atoms with Crippen molar-refractivity contribution in [1.82, 2.24) is 0 Å². The normalized spacial score (nSPS) is 22.4. The van der Waals surface area contributed by atoms with Gasteiger partial charge < -0.3 is 9.84 Å². The van der Waals surface area contributed by atoms with Gasteiger partial charge in [-0.2, -0.15) is 0 Å². The third-order valence-electron chi connectivity index (χ3n) is 3.33. The Morgan fingerprint density at radius 3 is 2.79 bits per heavy atom. The number of benzene rings is 1. The number of carboxylic acid groups (broad SMARTS) is 1. The number of carbonyl (C=O) groups is 1. The summed E-state index contributed by atoms with van der Waals surface area (Å²) in [6, 6.07) is 4.36. The average molecular weight is 330 g/mol. The molecule has 1 aromatic carbocycles. The number of aliphatic carboxylic acids is 1. The van der Waals surface area contributed by atoms with Crippen LogP contribution in [0.4, 0.5) is 5.69 Å². The quantitative estimate of drug-likeness (QED) is 0.676. The highest BCUT2D eigenvalue weighted by Crippen LogP contribution is 2.36. The van der Waals surface area contributed by atoms with E-state index in [9.17, 15) is 20.0 Å². The van der Waals surface area contributed by atoms with Gasteiger partial charge in [0.25, 0.3) is 5.69 Å². The minimum Gasteiger partial charge on any atom is -0.481 e. The molecule has 1 atom stereocenters. The van der Waals surface area contributed by atoms with Crippen molar-refractivity contribution in [3.8, 4) is 0 Å². The Morgan fingerprint density at radius 1 is 1.58 bits per heavy atom. The van der Waals surface area contributed by atoms with Crippen LogP contribution in [0.15, 0.2) is 22.7 Å². The molecule has 0 saturated carbocycles. The van der Waals surface area contributed by atoms with E-state index in [4.69, 9.17) is 4.74 Å². The fraction of sp³-hybridized carbons (Fsp3) is 0.417. The van der Waals surface area contributed by atoms with Gasteiger partial charge in [0.05, 0.1) is 16.9 Å². The summed E-state index contributed by atoms with van der Waals surface area (Å²) in [6.07, 6.45) is 0.743. The highest BCUT2D eigenvalue weighted by molar-refractivity contribution is 9.10. The predicted octanol–water partition coefficient (Wildman–Crippen LogP) is 2.39. The molecule has 0 aliphatic carbocycles. The molecule has 0 spiro atoms. The van der Waals surface area contributed by atoms with Gasteiger partial charge in [-0.1, -0.05) is 22.0 Å². The van der Waals surface area contributed by atoms with E-state index in [1.54, 1.807) is 6.07 Å². The van der Waals surface area contributed by atoms with Crippen molar-refractivity contribution < 1.29 is 19.6 Å². The Labute approximate surface area is 117 Å². The largest absolute Gasteiger partial charge is 0.481 e. The van der Waals surface area contributed by atoms with Gasteiger partial charge in [0.15, 0.2) is 0 Å². The Morgan fingerprint density at radius 2 is 2.32 bits per heavy atom. The fourth-order valence-corrected chi connectivity index (χ4v) is 2.66. The maximum absolute atomic E-state index is 11.4. The van der Waals surface area contributed by atoms with Crippen LogP contribution in [0.3, 0.4) is 0 Å². The molecular weight excluding hydrogens is 318 g/mol. The van der Waals surface area contributed by atoms with Gasteiger partial charge in [0.2, 0.25) is 0 Å². The first-order valence-electron chi connectivity index (χ1n) is 5.69. The van der Waals surface area contributed by atoms with E-state index in [1.165, 1.54) is 12.1 Å². The second kappa shape index (κ2) is 5.26. The van der Waals surface area contributed by atoms with E-state index in [0.29, 0.717) is 23.9 Å². The van der Waals surface area contributed by atoms with E-state index in [2.05, 4.69) is 15.9 Å². The molecule has 6 nitrogen and oxygen atoms in total. The van der Waals surface area contributed by atoms with Crippen molar-refractivity contribution in [2.75, 3.05) is 13.2 Å². The molecule has 19 heavy (non-hydrogen) atoms. The van der Waals surface area contributed by atoms with Gasteiger partial charge in [-0.3, -0.25) is 14.9 Å². The Hall–Kier alpha value is -1.47. The minimum atomic E-state index is -0.932. The Bertz CT molecular complexity index is 525. The summed E-state index contributed by atoms with van der Waals surface area (Å²) >= 11 is 3.26. The molecule has 1 fully saturated rings. The number of hydrogen-bond acceptors (Lipinski definition) is 4. The summed E-state index contributed by atoms with van der Waals surface area (Å²) in [7, 11) is 0. The topological polar surface area (TPSA) is 89.7 Å².